The molecule has 7 heteroatoms. The average molecular weight is 336 g/mol. The summed E-state index contributed by atoms with van der Waals surface area (Å²) >= 11 is 0. The summed E-state index contributed by atoms with van der Waals surface area (Å²) in [4.78, 5) is 11.3. The Labute approximate surface area is 137 Å². The molecule has 1 aromatic heterocycles. The lowest BCUT2D eigenvalue weighted by molar-refractivity contribution is 0.456. The lowest BCUT2D eigenvalue weighted by atomic mass is 9.95. The molecule has 0 amide bonds. The van der Waals surface area contributed by atoms with Gasteiger partial charge in [-0.05, 0) is 51.4 Å². The first-order valence-corrected chi connectivity index (χ1v) is 10.3. The summed E-state index contributed by atoms with van der Waals surface area (Å²) in [6, 6.07) is 0.0783. The van der Waals surface area contributed by atoms with E-state index in [0.29, 0.717) is 0 Å². The Morgan fingerprint density at radius 2 is 1.78 bits per heavy atom. The Balaban J connectivity index is 1.42. The number of aromatic nitrogens is 2. The molecule has 0 atom stereocenters. The van der Waals surface area contributed by atoms with E-state index in [4.69, 9.17) is 0 Å². The minimum absolute atomic E-state index is 0.0783. The van der Waals surface area contributed by atoms with E-state index in [1.807, 2.05) is 0 Å². The van der Waals surface area contributed by atoms with Crippen LogP contribution in [0.4, 0.5) is 5.82 Å². The van der Waals surface area contributed by atoms with Gasteiger partial charge < -0.3 is 4.90 Å². The molecule has 3 aliphatic rings. The molecule has 0 unspecified atom stereocenters. The predicted molar refractivity (Wildman–Crippen MR) is 89.0 cm³/mol. The predicted octanol–water partition coefficient (Wildman–Crippen LogP) is 1.41. The van der Waals surface area contributed by atoms with Crippen LogP contribution in [-0.4, -0.2) is 42.8 Å². The topological polar surface area (TPSA) is 75.2 Å². The minimum atomic E-state index is -3.08. The van der Waals surface area contributed by atoms with E-state index < -0.39 is 10.0 Å². The Bertz CT molecular complexity index is 679. The number of fused-ring (bicyclic) bond motifs is 1. The van der Waals surface area contributed by atoms with Crippen molar-refractivity contribution >= 4 is 15.8 Å². The van der Waals surface area contributed by atoms with Gasteiger partial charge in [0.05, 0.1) is 5.25 Å². The van der Waals surface area contributed by atoms with Crippen molar-refractivity contribution in [3.05, 3.63) is 17.6 Å². The molecular weight excluding hydrogens is 312 g/mol. The average Bonchev–Trinajstić information content (AvgIpc) is 3.40. The van der Waals surface area contributed by atoms with Gasteiger partial charge in [0.1, 0.15) is 12.1 Å². The third-order valence-electron chi connectivity index (χ3n) is 5.19. The highest BCUT2D eigenvalue weighted by Crippen LogP contribution is 2.30. The molecule has 1 N–H and O–H groups in total. The van der Waals surface area contributed by atoms with Crippen LogP contribution in [-0.2, 0) is 22.9 Å². The van der Waals surface area contributed by atoms with Crippen molar-refractivity contribution in [2.75, 3.05) is 18.0 Å². The summed E-state index contributed by atoms with van der Waals surface area (Å²) in [6.45, 7) is 1.72. The van der Waals surface area contributed by atoms with Crippen molar-refractivity contribution in [1.82, 2.24) is 14.7 Å². The van der Waals surface area contributed by atoms with Crippen LogP contribution >= 0.6 is 0 Å². The maximum absolute atomic E-state index is 12.1. The van der Waals surface area contributed by atoms with Gasteiger partial charge in [-0.15, -0.1) is 0 Å². The molecule has 2 aliphatic carbocycles. The van der Waals surface area contributed by atoms with Crippen molar-refractivity contribution in [1.29, 1.82) is 0 Å². The van der Waals surface area contributed by atoms with Crippen molar-refractivity contribution in [2.45, 2.75) is 62.7 Å². The van der Waals surface area contributed by atoms with E-state index in [2.05, 4.69) is 19.6 Å². The highest BCUT2D eigenvalue weighted by atomic mass is 32.2. The Morgan fingerprint density at radius 1 is 1.04 bits per heavy atom. The van der Waals surface area contributed by atoms with Gasteiger partial charge in [0, 0.05) is 30.4 Å². The summed E-state index contributed by atoms with van der Waals surface area (Å²) in [5, 5.41) is -0.130. The number of sulfonamides is 1. The van der Waals surface area contributed by atoms with Gasteiger partial charge in [-0.1, -0.05) is 0 Å². The first-order chi connectivity index (χ1) is 11.1. The van der Waals surface area contributed by atoms with Crippen LogP contribution in [0, 0.1) is 0 Å². The molecule has 2 fully saturated rings. The lowest BCUT2D eigenvalue weighted by Gasteiger charge is -2.34. The fourth-order valence-electron chi connectivity index (χ4n) is 3.69. The number of nitrogens with zero attached hydrogens (tertiary/aromatic N) is 3. The normalized spacial score (nSPS) is 22.9. The zero-order valence-corrected chi connectivity index (χ0v) is 14.2. The Kier molecular flexibility index (Phi) is 4.01. The summed E-state index contributed by atoms with van der Waals surface area (Å²) in [5.74, 6) is 1.08. The molecule has 0 bridgehead atoms. The van der Waals surface area contributed by atoms with Crippen molar-refractivity contribution in [3.8, 4) is 0 Å². The molecule has 1 saturated carbocycles. The number of hydrogen-bond acceptors (Lipinski definition) is 5. The summed E-state index contributed by atoms with van der Waals surface area (Å²) in [7, 11) is -3.08. The van der Waals surface area contributed by atoms with Crippen LogP contribution in [0.3, 0.4) is 0 Å². The zero-order valence-electron chi connectivity index (χ0n) is 13.4. The van der Waals surface area contributed by atoms with Gasteiger partial charge in [0.15, 0.2) is 0 Å². The van der Waals surface area contributed by atoms with E-state index in [0.717, 1.165) is 57.4 Å². The van der Waals surface area contributed by atoms with Gasteiger partial charge in [0.2, 0.25) is 10.0 Å². The van der Waals surface area contributed by atoms with Gasteiger partial charge in [-0.25, -0.2) is 23.1 Å². The van der Waals surface area contributed by atoms with E-state index in [-0.39, 0.29) is 11.3 Å². The number of rotatable bonds is 4. The van der Waals surface area contributed by atoms with Crippen molar-refractivity contribution in [2.24, 2.45) is 0 Å². The highest BCUT2D eigenvalue weighted by Gasteiger charge is 2.37. The second kappa shape index (κ2) is 6.02. The molecule has 1 saturated heterocycles. The van der Waals surface area contributed by atoms with Crippen molar-refractivity contribution < 1.29 is 8.42 Å². The number of nitrogens with one attached hydrogen (secondary N) is 1. The van der Waals surface area contributed by atoms with Gasteiger partial charge >= 0.3 is 0 Å². The molecule has 6 nitrogen and oxygen atoms in total. The third-order valence-corrected chi connectivity index (χ3v) is 7.20. The van der Waals surface area contributed by atoms with Crippen LogP contribution in [0.5, 0.6) is 0 Å². The number of anilines is 1. The van der Waals surface area contributed by atoms with Gasteiger partial charge in [-0.2, -0.15) is 0 Å². The van der Waals surface area contributed by atoms with Crippen LogP contribution in [0.15, 0.2) is 6.33 Å². The molecule has 0 radical (unpaired) electrons. The van der Waals surface area contributed by atoms with Crippen LogP contribution < -0.4 is 9.62 Å². The maximum Gasteiger partial charge on any atom is 0.214 e. The zero-order chi connectivity index (χ0) is 15.9. The molecular formula is C16H24N4O2S. The largest absolute Gasteiger partial charge is 0.356 e. The Hall–Kier alpha value is -1.21. The molecule has 2 heterocycles. The summed E-state index contributed by atoms with van der Waals surface area (Å²) < 4.78 is 27.0. The van der Waals surface area contributed by atoms with Crippen LogP contribution in [0.1, 0.15) is 49.8 Å². The third kappa shape index (κ3) is 3.21. The fourth-order valence-corrected chi connectivity index (χ4v) is 5.34. The molecule has 0 aromatic carbocycles. The van der Waals surface area contributed by atoms with E-state index in [9.17, 15) is 8.42 Å². The molecule has 23 heavy (non-hydrogen) atoms. The molecule has 1 aromatic rings. The second-order valence-corrected chi connectivity index (χ2v) is 8.95. The monoisotopic (exact) mass is 336 g/mol. The van der Waals surface area contributed by atoms with Gasteiger partial charge in [-0.3, -0.25) is 0 Å². The molecule has 126 valence electrons. The van der Waals surface area contributed by atoms with Gasteiger partial charge in [0.25, 0.3) is 0 Å². The minimum Gasteiger partial charge on any atom is -0.356 e. The summed E-state index contributed by atoms with van der Waals surface area (Å²) in [6.07, 6.45) is 9.58. The smallest absolute Gasteiger partial charge is 0.214 e. The molecule has 0 spiro atoms. The fraction of sp³-hybridized carbons (Fsp3) is 0.750. The lowest BCUT2D eigenvalue weighted by Crippen LogP contribution is -2.46. The second-order valence-electron chi connectivity index (χ2n) is 6.95. The van der Waals surface area contributed by atoms with Crippen LogP contribution in [0.2, 0.25) is 0 Å². The number of piperidine rings is 1. The van der Waals surface area contributed by atoms with Crippen LogP contribution in [0.25, 0.3) is 0 Å². The van der Waals surface area contributed by atoms with E-state index in [1.165, 1.54) is 24.1 Å². The quantitative estimate of drug-likeness (QED) is 0.900. The Morgan fingerprint density at radius 3 is 2.52 bits per heavy atom. The highest BCUT2D eigenvalue weighted by molar-refractivity contribution is 7.90. The molecule has 4 rings (SSSR count). The van der Waals surface area contributed by atoms with E-state index in [1.54, 1.807) is 6.33 Å². The summed E-state index contributed by atoms with van der Waals surface area (Å²) in [5.41, 5.74) is 2.52. The number of hydrogen-bond donors (Lipinski definition) is 1. The first-order valence-electron chi connectivity index (χ1n) is 8.72. The van der Waals surface area contributed by atoms with Crippen molar-refractivity contribution in [3.63, 3.8) is 0 Å². The standard InChI is InChI=1S/C16H24N4O2S/c21-23(22,13-5-6-13)19-12-7-9-20(10-8-12)16-14-3-1-2-4-15(14)17-11-18-16/h11-13,19H,1-10H2. The van der Waals surface area contributed by atoms with E-state index >= 15 is 0 Å². The SMILES string of the molecule is O=S(=O)(NC1CCN(c2ncnc3c2CCCC3)CC1)C1CC1. The maximum atomic E-state index is 12.1. The molecule has 1 aliphatic heterocycles. The first kappa shape index (κ1) is 15.3. The number of aryl methyl sites for hydroxylation is 1.